The van der Waals surface area contributed by atoms with Crippen molar-refractivity contribution < 1.29 is 9.53 Å². The molecule has 0 saturated carbocycles. The lowest BCUT2D eigenvalue weighted by atomic mass is 10.1. The Bertz CT molecular complexity index is 313. The maximum atomic E-state index is 12.6. The van der Waals surface area contributed by atoms with E-state index >= 15 is 0 Å². The quantitative estimate of drug-likeness (QED) is 0.698. The van der Waals surface area contributed by atoms with Crippen LogP contribution in [0.1, 0.15) is 46.0 Å². The Morgan fingerprint density at radius 3 is 2.90 bits per heavy atom. The van der Waals surface area contributed by atoms with Gasteiger partial charge in [-0.1, -0.05) is 13.8 Å². The molecular formula is C16H30N2O2S. The molecule has 2 fully saturated rings. The first-order chi connectivity index (χ1) is 10.2. The Hall–Kier alpha value is -0.260. The first-order valence-electron chi connectivity index (χ1n) is 8.39. The number of rotatable bonds is 8. The molecule has 2 aliphatic rings. The van der Waals surface area contributed by atoms with E-state index in [2.05, 4.69) is 24.1 Å². The molecule has 0 aromatic heterocycles. The molecule has 21 heavy (non-hydrogen) atoms. The van der Waals surface area contributed by atoms with Crippen LogP contribution in [0.5, 0.6) is 0 Å². The van der Waals surface area contributed by atoms with Crippen LogP contribution in [0.4, 0.5) is 0 Å². The number of ether oxygens (including phenoxy) is 1. The predicted molar refractivity (Wildman–Crippen MR) is 88.8 cm³/mol. The van der Waals surface area contributed by atoms with Gasteiger partial charge in [0.25, 0.3) is 0 Å². The van der Waals surface area contributed by atoms with E-state index < -0.39 is 0 Å². The van der Waals surface area contributed by atoms with Crippen molar-refractivity contribution in [2.45, 2.75) is 64.1 Å². The lowest BCUT2D eigenvalue weighted by molar-refractivity contribution is -0.134. The molecule has 1 amide bonds. The number of amides is 1. The second kappa shape index (κ2) is 9.01. The van der Waals surface area contributed by atoms with Crippen LogP contribution in [0.3, 0.4) is 0 Å². The molecule has 122 valence electrons. The number of hydrogen-bond donors (Lipinski definition) is 1. The van der Waals surface area contributed by atoms with Crippen molar-refractivity contribution in [3.05, 3.63) is 0 Å². The summed E-state index contributed by atoms with van der Waals surface area (Å²) in [5, 5.41) is 3.38. The van der Waals surface area contributed by atoms with Crippen LogP contribution in [-0.4, -0.2) is 60.2 Å². The molecule has 0 aromatic rings. The van der Waals surface area contributed by atoms with Crippen LogP contribution in [-0.2, 0) is 9.53 Å². The van der Waals surface area contributed by atoms with E-state index in [0.29, 0.717) is 24.4 Å². The van der Waals surface area contributed by atoms with Gasteiger partial charge >= 0.3 is 0 Å². The second-order valence-corrected chi connectivity index (χ2v) is 7.56. The summed E-state index contributed by atoms with van der Waals surface area (Å²) in [6, 6.07) is 0.930. The Balaban J connectivity index is 1.79. The summed E-state index contributed by atoms with van der Waals surface area (Å²) in [6.45, 7) is 6.88. The maximum Gasteiger partial charge on any atom is 0.222 e. The van der Waals surface area contributed by atoms with Gasteiger partial charge in [0.05, 0.1) is 6.10 Å². The fraction of sp³-hybridized carbons (Fsp3) is 0.938. The average molecular weight is 314 g/mol. The molecule has 0 radical (unpaired) electrons. The molecule has 0 bridgehead atoms. The van der Waals surface area contributed by atoms with E-state index in [1.54, 1.807) is 0 Å². The van der Waals surface area contributed by atoms with Gasteiger partial charge in [-0.3, -0.25) is 4.79 Å². The van der Waals surface area contributed by atoms with Crippen LogP contribution < -0.4 is 5.32 Å². The first kappa shape index (κ1) is 17.1. The molecule has 2 unspecified atom stereocenters. The molecule has 2 saturated heterocycles. The van der Waals surface area contributed by atoms with E-state index in [1.807, 2.05) is 11.8 Å². The number of carbonyl (C=O) groups is 1. The van der Waals surface area contributed by atoms with Crippen molar-refractivity contribution in [1.82, 2.24) is 10.2 Å². The third kappa shape index (κ3) is 5.80. The van der Waals surface area contributed by atoms with E-state index in [9.17, 15) is 4.79 Å². The summed E-state index contributed by atoms with van der Waals surface area (Å²) in [7, 11) is 0. The molecule has 2 heterocycles. The highest BCUT2D eigenvalue weighted by Crippen LogP contribution is 2.25. The Morgan fingerprint density at radius 2 is 2.29 bits per heavy atom. The summed E-state index contributed by atoms with van der Waals surface area (Å²) < 4.78 is 5.74. The Labute approximate surface area is 133 Å². The van der Waals surface area contributed by atoms with Gasteiger partial charge in [-0.2, -0.15) is 11.8 Å². The van der Waals surface area contributed by atoms with Gasteiger partial charge in [0, 0.05) is 37.4 Å². The maximum absolute atomic E-state index is 12.6. The van der Waals surface area contributed by atoms with Gasteiger partial charge in [-0.25, -0.2) is 0 Å². The summed E-state index contributed by atoms with van der Waals surface area (Å²) in [5.41, 5.74) is 0. The van der Waals surface area contributed by atoms with Gasteiger partial charge in [-0.05, 0) is 38.0 Å². The number of hydrogen-bond acceptors (Lipinski definition) is 4. The zero-order valence-electron chi connectivity index (χ0n) is 13.5. The summed E-state index contributed by atoms with van der Waals surface area (Å²) >= 11 is 1.97. The molecule has 4 nitrogen and oxygen atoms in total. The fourth-order valence-electron chi connectivity index (χ4n) is 3.00. The van der Waals surface area contributed by atoms with E-state index in [1.165, 1.54) is 5.75 Å². The highest BCUT2D eigenvalue weighted by Gasteiger charge is 2.30. The third-order valence-electron chi connectivity index (χ3n) is 4.21. The van der Waals surface area contributed by atoms with E-state index in [4.69, 9.17) is 4.74 Å². The molecule has 2 atom stereocenters. The van der Waals surface area contributed by atoms with Gasteiger partial charge in [0.2, 0.25) is 5.91 Å². The van der Waals surface area contributed by atoms with Crippen LogP contribution in [0.25, 0.3) is 0 Å². The topological polar surface area (TPSA) is 41.6 Å². The van der Waals surface area contributed by atoms with Crippen LogP contribution >= 0.6 is 11.8 Å². The van der Waals surface area contributed by atoms with E-state index in [-0.39, 0.29) is 6.10 Å². The molecular weight excluding hydrogens is 284 g/mol. The monoisotopic (exact) mass is 314 g/mol. The molecule has 2 aliphatic heterocycles. The standard InChI is InChI=1S/C16H30N2O2S/c1-13(2)17-8-3-6-16(19)18(14-7-10-21-12-14)11-15-5-4-9-20-15/h13-15,17H,3-12H2,1-2H3. The second-order valence-electron chi connectivity index (χ2n) is 6.41. The summed E-state index contributed by atoms with van der Waals surface area (Å²) in [6.07, 6.45) is 5.26. The molecule has 0 aliphatic carbocycles. The number of nitrogens with one attached hydrogen (secondary N) is 1. The predicted octanol–water partition coefficient (Wildman–Crippen LogP) is 2.28. The van der Waals surface area contributed by atoms with Crippen LogP contribution in [0, 0.1) is 0 Å². The number of carbonyl (C=O) groups excluding carboxylic acids is 1. The minimum atomic E-state index is 0.272. The van der Waals surface area contributed by atoms with Gasteiger partial charge in [-0.15, -0.1) is 0 Å². The minimum Gasteiger partial charge on any atom is -0.376 e. The normalized spacial score (nSPS) is 25.7. The van der Waals surface area contributed by atoms with Crippen LogP contribution in [0.2, 0.25) is 0 Å². The van der Waals surface area contributed by atoms with Crippen molar-refractivity contribution >= 4 is 17.7 Å². The Kier molecular flexibility index (Phi) is 7.34. The van der Waals surface area contributed by atoms with Crippen molar-refractivity contribution in [2.75, 3.05) is 31.2 Å². The smallest absolute Gasteiger partial charge is 0.222 e. The Morgan fingerprint density at radius 1 is 1.43 bits per heavy atom. The molecule has 0 spiro atoms. The minimum absolute atomic E-state index is 0.272. The largest absolute Gasteiger partial charge is 0.376 e. The van der Waals surface area contributed by atoms with Crippen molar-refractivity contribution in [3.8, 4) is 0 Å². The van der Waals surface area contributed by atoms with Gasteiger partial charge in [0.1, 0.15) is 0 Å². The van der Waals surface area contributed by atoms with Crippen molar-refractivity contribution in [1.29, 1.82) is 0 Å². The molecule has 5 heteroatoms. The number of nitrogens with zero attached hydrogens (tertiary/aromatic N) is 1. The molecule has 0 aromatic carbocycles. The number of thioether (sulfide) groups is 1. The SMILES string of the molecule is CC(C)NCCCC(=O)N(CC1CCCO1)C1CCSC1. The van der Waals surface area contributed by atoms with E-state index in [0.717, 1.165) is 51.1 Å². The molecule has 1 N–H and O–H groups in total. The summed E-state index contributed by atoms with van der Waals surface area (Å²) in [4.78, 5) is 14.7. The van der Waals surface area contributed by atoms with Crippen molar-refractivity contribution in [2.24, 2.45) is 0 Å². The first-order valence-corrected chi connectivity index (χ1v) is 9.54. The lowest BCUT2D eigenvalue weighted by Gasteiger charge is -2.31. The van der Waals surface area contributed by atoms with Crippen LogP contribution in [0.15, 0.2) is 0 Å². The zero-order chi connectivity index (χ0) is 15.1. The van der Waals surface area contributed by atoms with Crippen molar-refractivity contribution in [3.63, 3.8) is 0 Å². The highest BCUT2D eigenvalue weighted by molar-refractivity contribution is 7.99. The zero-order valence-corrected chi connectivity index (χ0v) is 14.3. The lowest BCUT2D eigenvalue weighted by Crippen LogP contribution is -2.44. The third-order valence-corrected chi connectivity index (χ3v) is 5.36. The molecule has 2 rings (SSSR count). The highest BCUT2D eigenvalue weighted by atomic mass is 32.2. The summed E-state index contributed by atoms with van der Waals surface area (Å²) in [5.74, 6) is 2.61. The van der Waals surface area contributed by atoms with Gasteiger partial charge in [0.15, 0.2) is 0 Å². The fourth-order valence-corrected chi connectivity index (χ4v) is 4.23. The average Bonchev–Trinajstić information content (AvgIpc) is 3.12. The van der Waals surface area contributed by atoms with Gasteiger partial charge < -0.3 is 15.0 Å².